The second kappa shape index (κ2) is 6.91. The van der Waals surface area contributed by atoms with Gasteiger partial charge in [-0.05, 0) is 45.1 Å². The minimum absolute atomic E-state index is 0.0483. The fourth-order valence-electron chi connectivity index (χ4n) is 3.88. The van der Waals surface area contributed by atoms with E-state index < -0.39 is 0 Å². The molecular formula is C17H28N4O2. The monoisotopic (exact) mass is 320 g/mol. The van der Waals surface area contributed by atoms with Crippen molar-refractivity contribution in [2.45, 2.75) is 64.6 Å². The maximum absolute atomic E-state index is 12.1. The van der Waals surface area contributed by atoms with Crippen LogP contribution >= 0.6 is 0 Å². The van der Waals surface area contributed by atoms with Crippen molar-refractivity contribution >= 4 is 6.03 Å². The van der Waals surface area contributed by atoms with E-state index in [0.29, 0.717) is 12.6 Å². The van der Waals surface area contributed by atoms with E-state index >= 15 is 0 Å². The van der Waals surface area contributed by atoms with E-state index in [1.165, 1.54) is 19.3 Å². The van der Waals surface area contributed by atoms with Gasteiger partial charge in [0.25, 0.3) is 0 Å². The topological polar surface area (TPSA) is 68.2 Å². The maximum Gasteiger partial charge on any atom is 0.315 e. The van der Waals surface area contributed by atoms with Crippen LogP contribution in [-0.4, -0.2) is 41.1 Å². The van der Waals surface area contributed by atoms with Gasteiger partial charge < -0.3 is 15.4 Å². The molecule has 0 bridgehead atoms. The molecule has 1 aromatic rings. The second-order valence-corrected chi connectivity index (χ2v) is 6.85. The van der Waals surface area contributed by atoms with Crippen LogP contribution in [0.3, 0.4) is 0 Å². The van der Waals surface area contributed by atoms with Crippen molar-refractivity contribution in [2.24, 2.45) is 5.41 Å². The summed E-state index contributed by atoms with van der Waals surface area (Å²) < 4.78 is 7.73. The van der Waals surface area contributed by atoms with E-state index in [0.717, 1.165) is 31.6 Å². The molecule has 0 saturated heterocycles. The van der Waals surface area contributed by atoms with Gasteiger partial charge in [0.15, 0.2) is 0 Å². The Labute approximate surface area is 138 Å². The maximum atomic E-state index is 12.1. The smallest absolute Gasteiger partial charge is 0.315 e. The number of rotatable bonds is 7. The van der Waals surface area contributed by atoms with Crippen LogP contribution in [-0.2, 0) is 11.3 Å². The fraction of sp³-hybridized carbons (Fsp3) is 0.765. The van der Waals surface area contributed by atoms with E-state index in [4.69, 9.17) is 4.74 Å². The number of aromatic nitrogens is 2. The molecule has 128 valence electrons. The minimum atomic E-state index is -0.0483. The summed E-state index contributed by atoms with van der Waals surface area (Å²) in [7, 11) is 0. The molecule has 1 spiro atoms. The second-order valence-electron chi connectivity index (χ2n) is 6.85. The first-order valence-corrected chi connectivity index (χ1v) is 8.79. The SMILES string of the molecule is CCOC1CC(NC(=O)NCCCn2cc(C)cn2)C12CCC2. The number of hydrogen-bond acceptors (Lipinski definition) is 3. The van der Waals surface area contributed by atoms with Crippen molar-refractivity contribution in [3.63, 3.8) is 0 Å². The summed E-state index contributed by atoms with van der Waals surface area (Å²) in [5, 5.41) is 10.3. The van der Waals surface area contributed by atoms with Gasteiger partial charge in [-0.2, -0.15) is 5.10 Å². The number of nitrogens with one attached hydrogen (secondary N) is 2. The molecule has 0 radical (unpaired) electrons. The largest absolute Gasteiger partial charge is 0.378 e. The molecule has 2 unspecified atom stereocenters. The molecule has 1 heterocycles. The Morgan fingerprint density at radius 1 is 1.52 bits per heavy atom. The zero-order valence-corrected chi connectivity index (χ0v) is 14.2. The summed E-state index contributed by atoms with van der Waals surface area (Å²) in [5.74, 6) is 0. The van der Waals surface area contributed by atoms with Gasteiger partial charge in [0.2, 0.25) is 0 Å². The van der Waals surface area contributed by atoms with E-state index in [1.54, 1.807) is 0 Å². The Kier molecular flexibility index (Phi) is 4.90. The molecular weight excluding hydrogens is 292 g/mol. The standard InChI is InChI=1S/C17H28N4O2/c1-3-23-15-10-14(17(15)6-4-7-17)20-16(22)18-8-5-9-21-12-13(2)11-19-21/h11-12,14-15H,3-10H2,1-2H3,(H2,18,20,22). The first kappa shape index (κ1) is 16.3. The molecule has 1 aromatic heterocycles. The summed E-state index contributed by atoms with van der Waals surface area (Å²) >= 11 is 0. The van der Waals surface area contributed by atoms with Crippen LogP contribution in [0.2, 0.25) is 0 Å². The number of carbonyl (C=O) groups excluding carboxylic acids is 1. The van der Waals surface area contributed by atoms with Gasteiger partial charge >= 0.3 is 6.03 Å². The highest BCUT2D eigenvalue weighted by molar-refractivity contribution is 5.74. The third-order valence-electron chi connectivity index (χ3n) is 5.35. The van der Waals surface area contributed by atoms with E-state index in [2.05, 4.69) is 15.7 Å². The van der Waals surface area contributed by atoms with Crippen molar-refractivity contribution in [2.75, 3.05) is 13.2 Å². The molecule has 0 aliphatic heterocycles. The Bertz CT molecular complexity index is 538. The van der Waals surface area contributed by atoms with Crippen molar-refractivity contribution < 1.29 is 9.53 Å². The van der Waals surface area contributed by atoms with Gasteiger partial charge in [-0.1, -0.05) is 6.42 Å². The Morgan fingerprint density at radius 3 is 2.96 bits per heavy atom. The lowest BCUT2D eigenvalue weighted by molar-refractivity contribution is -0.169. The van der Waals surface area contributed by atoms with Gasteiger partial charge in [0.05, 0.1) is 12.3 Å². The van der Waals surface area contributed by atoms with Crippen LogP contribution in [0.5, 0.6) is 0 Å². The summed E-state index contributed by atoms with van der Waals surface area (Å²) in [5.41, 5.74) is 1.38. The van der Waals surface area contributed by atoms with Crippen LogP contribution < -0.4 is 10.6 Å². The predicted octanol–water partition coefficient (Wildman–Crippen LogP) is 2.23. The number of ether oxygens (including phenoxy) is 1. The van der Waals surface area contributed by atoms with Gasteiger partial charge in [-0.3, -0.25) is 4.68 Å². The molecule has 2 atom stereocenters. The number of nitrogens with zero attached hydrogens (tertiary/aromatic N) is 2. The molecule has 2 amide bonds. The van der Waals surface area contributed by atoms with Crippen molar-refractivity contribution in [3.8, 4) is 0 Å². The van der Waals surface area contributed by atoms with Gasteiger partial charge in [-0.25, -0.2) is 4.79 Å². The lowest BCUT2D eigenvalue weighted by Crippen LogP contribution is -2.68. The average Bonchev–Trinajstić information content (AvgIpc) is 2.86. The summed E-state index contributed by atoms with van der Waals surface area (Å²) in [6, 6.07) is 0.231. The molecule has 6 heteroatoms. The highest BCUT2D eigenvalue weighted by Gasteiger charge is 2.59. The third-order valence-corrected chi connectivity index (χ3v) is 5.35. The minimum Gasteiger partial charge on any atom is -0.378 e. The normalized spacial score (nSPS) is 24.8. The fourth-order valence-corrected chi connectivity index (χ4v) is 3.88. The first-order valence-electron chi connectivity index (χ1n) is 8.79. The first-order chi connectivity index (χ1) is 11.1. The molecule has 23 heavy (non-hydrogen) atoms. The number of amides is 2. The average molecular weight is 320 g/mol. The Morgan fingerprint density at radius 2 is 2.35 bits per heavy atom. The van der Waals surface area contributed by atoms with Crippen molar-refractivity contribution in [1.82, 2.24) is 20.4 Å². The highest BCUT2D eigenvalue weighted by atomic mass is 16.5. The molecule has 2 fully saturated rings. The van der Waals surface area contributed by atoms with Crippen LogP contribution in [0, 0.1) is 12.3 Å². The van der Waals surface area contributed by atoms with Gasteiger partial charge in [-0.15, -0.1) is 0 Å². The molecule has 2 aliphatic carbocycles. The highest BCUT2D eigenvalue weighted by Crippen LogP contribution is 2.57. The number of urea groups is 1. The van der Waals surface area contributed by atoms with Crippen molar-refractivity contribution in [3.05, 3.63) is 18.0 Å². The summed E-state index contributed by atoms with van der Waals surface area (Å²) in [6.07, 6.45) is 9.66. The van der Waals surface area contributed by atoms with Gasteiger partial charge in [0, 0.05) is 37.4 Å². The van der Waals surface area contributed by atoms with E-state index in [1.807, 2.05) is 30.9 Å². The lowest BCUT2D eigenvalue weighted by atomic mass is 9.51. The van der Waals surface area contributed by atoms with Crippen LogP contribution in [0.15, 0.2) is 12.4 Å². The lowest BCUT2D eigenvalue weighted by Gasteiger charge is -2.60. The van der Waals surface area contributed by atoms with Crippen molar-refractivity contribution in [1.29, 1.82) is 0 Å². The van der Waals surface area contributed by atoms with E-state index in [9.17, 15) is 4.79 Å². The molecule has 0 aromatic carbocycles. The van der Waals surface area contributed by atoms with Crippen LogP contribution in [0.4, 0.5) is 4.79 Å². The number of aryl methyl sites for hydroxylation is 2. The van der Waals surface area contributed by atoms with Crippen LogP contribution in [0.25, 0.3) is 0 Å². The number of carbonyl (C=O) groups is 1. The third kappa shape index (κ3) is 3.37. The predicted molar refractivity (Wildman–Crippen MR) is 88.2 cm³/mol. The zero-order valence-electron chi connectivity index (χ0n) is 14.2. The molecule has 2 aliphatic rings. The zero-order chi connectivity index (χ0) is 16.3. The Hall–Kier alpha value is -1.56. The molecule has 2 N–H and O–H groups in total. The quantitative estimate of drug-likeness (QED) is 0.757. The summed E-state index contributed by atoms with van der Waals surface area (Å²) in [4.78, 5) is 12.1. The van der Waals surface area contributed by atoms with E-state index in [-0.39, 0.29) is 17.5 Å². The molecule has 3 rings (SSSR count). The summed E-state index contributed by atoms with van der Waals surface area (Å²) in [6.45, 7) is 6.33. The molecule has 2 saturated carbocycles. The van der Waals surface area contributed by atoms with Crippen LogP contribution in [0.1, 0.15) is 44.6 Å². The number of hydrogen-bond donors (Lipinski definition) is 2. The molecule has 6 nitrogen and oxygen atoms in total. The Balaban J connectivity index is 1.35. The van der Waals surface area contributed by atoms with Gasteiger partial charge in [0.1, 0.15) is 0 Å².